The Balaban J connectivity index is 1.55. The highest BCUT2D eigenvalue weighted by molar-refractivity contribution is 5.97. The van der Waals surface area contributed by atoms with Crippen molar-refractivity contribution in [2.24, 2.45) is 0 Å². The maximum Gasteiger partial charge on any atom is 0.246 e. The second-order valence-electron chi connectivity index (χ2n) is 9.17. The number of piperazine rings is 1. The summed E-state index contributed by atoms with van der Waals surface area (Å²) in [4.78, 5) is 34.0. The topological polar surface area (TPSA) is 103 Å². The Morgan fingerprint density at radius 3 is 2.59 bits per heavy atom. The van der Waals surface area contributed by atoms with E-state index in [1.54, 1.807) is 21.9 Å². The van der Waals surface area contributed by atoms with Gasteiger partial charge in [-0.2, -0.15) is 0 Å². The maximum absolute atomic E-state index is 13.6. The Labute approximate surface area is 198 Å². The lowest BCUT2D eigenvalue weighted by Crippen LogP contribution is -2.63. The first-order valence-corrected chi connectivity index (χ1v) is 11.9. The number of para-hydroxylation sites is 1. The van der Waals surface area contributed by atoms with Crippen molar-refractivity contribution in [1.82, 2.24) is 14.8 Å². The lowest BCUT2D eigenvalue weighted by Gasteiger charge is -2.47. The van der Waals surface area contributed by atoms with Gasteiger partial charge in [0.15, 0.2) is 0 Å². The van der Waals surface area contributed by atoms with Gasteiger partial charge < -0.3 is 25.2 Å². The molecule has 1 fully saturated rings. The van der Waals surface area contributed by atoms with Crippen LogP contribution in [0.25, 0.3) is 10.9 Å². The minimum Gasteiger partial charge on any atom is -0.733 e. The second-order valence-corrected chi connectivity index (χ2v) is 9.17. The molecular weight excluding hydrogens is 432 g/mol. The number of unbranched alkanes of at least 4 members (excludes halogenated alkanes) is 3. The second kappa shape index (κ2) is 9.12. The quantitative estimate of drug-likeness (QED) is 0.407. The molecule has 34 heavy (non-hydrogen) atoms. The van der Waals surface area contributed by atoms with Crippen LogP contribution in [0.1, 0.15) is 55.5 Å². The Kier molecular flexibility index (Phi) is 6.02. The highest BCUT2D eigenvalue weighted by Gasteiger charge is 2.48. The normalized spacial score (nSPS) is 20.0. The maximum atomic E-state index is 13.6. The molecule has 5 rings (SSSR count). The molecule has 0 aliphatic carbocycles. The highest BCUT2D eigenvalue weighted by Crippen LogP contribution is 2.42. The lowest BCUT2D eigenvalue weighted by atomic mass is 9.86. The largest absolute Gasteiger partial charge is 0.733 e. The number of H-pyrrole nitrogens is 1. The van der Waals surface area contributed by atoms with Crippen LogP contribution in [0.2, 0.25) is 0 Å². The molecule has 2 aromatic carbocycles. The van der Waals surface area contributed by atoms with E-state index >= 15 is 0 Å². The van der Waals surface area contributed by atoms with Crippen molar-refractivity contribution in [2.45, 2.75) is 51.1 Å². The minimum absolute atomic E-state index is 0.00487. The molecule has 8 heteroatoms. The predicted octanol–water partition coefficient (Wildman–Crippen LogP) is 4.13. The van der Waals surface area contributed by atoms with Crippen LogP contribution in [0.3, 0.4) is 0 Å². The van der Waals surface area contributed by atoms with Gasteiger partial charge >= 0.3 is 0 Å². The summed E-state index contributed by atoms with van der Waals surface area (Å²) in [7, 11) is 0. The Hall–Kier alpha value is -3.36. The summed E-state index contributed by atoms with van der Waals surface area (Å²) >= 11 is 0. The van der Waals surface area contributed by atoms with E-state index in [-0.39, 0.29) is 29.3 Å². The molecular formula is C26H29N4O4-. The van der Waals surface area contributed by atoms with E-state index in [0.29, 0.717) is 13.0 Å². The number of carbonyl (C=O) groups is 2. The molecule has 2 aliphatic heterocycles. The number of hydrogen-bond donors (Lipinski definition) is 2. The Morgan fingerprint density at radius 1 is 1.09 bits per heavy atom. The van der Waals surface area contributed by atoms with E-state index in [2.05, 4.69) is 11.9 Å². The molecule has 0 spiro atoms. The lowest BCUT2D eigenvalue weighted by molar-refractivity contribution is -0.158. The van der Waals surface area contributed by atoms with E-state index in [0.717, 1.165) is 53.4 Å². The van der Waals surface area contributed by atoms with Crippen molar-refractivity contribution in [3.8, 4) is 0 Å². The fraction of sp³-hybridized carbons (Fsp3) is 0.385. The number of anilines is 1. The zero-order valence-corrected chi connectivity index (χ0v) is 19.2. The number of hydrogen-bond acceptors (Lipinski definition) is 5. The van der Waals surface area contributed by atoms with Gasteiger partial charge in [-0.3, -0.25) is 14.8 Å². The van der Waals surface area contributed by atoms with Crippen molar-refractivity contribution in [3.63, 3.8) is 0 Å². The van der Waals surface area contributed by atoms with Gasteiger partial charge in [-0.1, -0.05) is 56.5 Å². The molecule has 0 radical (unpaired) electrons. The van der Waals surface area contributed by atoms with Gasteiger partial charge in [0.1, 0.15) is 6.04 Å². The van der Waals surface area contributed by atoms with Crippen LogP contribution >= 0.6 is 0 Å². The minimum atomic E-state index is -0.572. The third kappa shape index (κ3) is 3.82. The molecule has 2 amide bonds. The van der Waals surface area contributed by atoms with Crippen LogP contribution in [0.15, 0.2) is 48.5 Å². The number of nitrogens with one attached hydrogen (secondary N) is 1. The van der Waals surface area contributed by atoms with Gasteiger partial charge in [0.25, 0.3) is 0 Å². The van der Waals surface area contributed by atoms with Crippen molar-refractivity contribution >= 4 is 28.4 Å². The van der Waals surface area contributed by atoms with Gasteiger partial charge in [0.05, 0.1) is 18.3 Å². The fourth-order valence-electron chi connectivity index (χ4n) is 5.37. The Bertz CT molecular complexity index is 1200. The average Bonchev–Trinajstić information content (AvgIpc) is 3.22. The van der Waals surface area contributed by atoms with Gasteiger partial charge in [-0.15, -0.1) is 0 Å². The molecule has 0 bridgehead atoms. The molecule has 2 N–H and O–H groups in total. The number of fused-ring (bicyclic) bond motifs is 4. The van der Waals surface area contributed by atoms with Crippen LogP contribution in [0, 0.1) is 5.21 Å². The first-order chi connectivity index (χ1) is 16.5. The summed E-state index contributed by atoms with van der Waals surface area (Å²) in [5, 5.41) is 21.4. The molecule has 1 unspecified atom stereocenters. The van der Waals surface area contributed by atoms with E-state index in [4.69, 9.17) is 0 Å². The number of nitrogens with zero attached hydrogens (tertiary/aromatic N) is 3. The summed E-state index contributed by atoms with van der Waals surface area (Å²) in [6.45, 7) is 2.83. The first-order valence-electron chi connectivity index (χ1n) is 11.9. The van der Waals surface area contributed by atoms with Crippen LogP contribution in [-0.2, 0) is 16.0 Å². The molecule has 2 aliphatic rings. The van der Waals surface area contributed by atoms with E-state index < -0.39 is 12.1 Å². The van der Waals surface area contributed by atoms with Gasteiger partial charge in [0.2, 0.25) is 11.8 Å². The molecule has 8 nitrogen and oxygen atoms in total. The number of aromatic nitrogens is 1. The molecule has 1 saturated heterocycles. The fourth-order valence-corrected chi connectivity index (χ4v) is 5.37. The van der Waals surface area contributed by atoms with Gasteiger partial charge in [0, 0.05) is 29.6 Å². The third-order valence-corrected chi connectivity index (χ3v) is 7.05. The summed E-state index contributed by atoms with van der Waals surface area (Å²) in [6, 6.07) is 13.4. The van der Waals surface area contributed by atoms with Crippen molar-refractivity contribution in [1.29, 1.82) is 0 Å². The third-order valence-electron chi connectivity index (χ3n) is 7.05. The number of rotatable bonds is 7. The zero-order chi connectivity index (χ0) is 23.8. The Morgan fingerprint density at radius 2 is 1.85 bits per heavy atom. The van der Waals surface area contributed by atoms with Crippen molar-refractivity contribution < 1.29 is 14.8 Å². The predicted molar refractivity (Wildman–Crippen MR) is 129 cm³/mol. The van der Waals surface area contributed by atoms with Crippen LogP contribution in [0.4, 0.5) is 5.69 Å². The molecule has 0 saturated carbocycles. The van der Waals surface area contributed by atoms with Crippen LogP contribution in [-0.4, -0.2) is 50.9 Å². The molecule has 178 valence electrons. The van der Waals surface area contributed by atoms with Gasteiger partial charge in [-0.25, -0.2) is 0 Å². The molecule has 2 atom stereocenters. The van der Waals surface area contributed by atoms with Crippen LogP contribution < -0.4 is 5.23 Å². The number of aromatic amines is 1. The number of benzene rings is 2. The molecule has 3 aromatic rings. The highest BCUT2D eigenvalue weighted by atomic mass is 16.8. The molecule has 1 aromatic heterocycles. The van der Waals surface area contributed by atoms with Crippen molar-refractivity contribution in [3.05, 3.63) is 70.6 Å². The smallest absolute Gasteiger partial charge is 0.246 e. The standard InChI is InChI=1S/C26H29N4O4/c1-2-3-4-7-14-28-16-23(31)29-22(26(28)32)15-20-19-8-5-6-9-21(19)27-24(20)25(29)17-10-12-18(13-11-17)30(33)34/h5-6,8-13,22,25,27,33H,2-4,7,14-16H2,1H3/q-1/t22-,25?/m0/s1. The summed E-state index contributed by atoms with van der Waals surface area (Å²) in [6.07, 6.45) is 4.65. The van der Waals surface area contributed by atoms with Crippen molar-refractivity contribution in [2.75, 3.05) is 18.3 Å². The van der Waals surface area contributed by atoms with E-state index in [1.807, 2.05) is 24.3 Å². The number of amides is 2. The monoisotopic (exact) mass is 461 g/mol. The summed E-state index contributed by atoms with van der Waals surface area (Å²) in [5.74, 6) is -0.0826. The SMILES string of the molecule is CCCCCCN1CC(=O)N2C(c3ccc(N([O-])O)cc3)c3[nH]c4ccccc4c3C[C@H]2C1=O. The number of carbonyl (C=O) groups excluding carboxylic acids is 2. The van der Waals surface area contributed by atoms with Gasteiger partial charge in [-0.05, 0) is 35.7 Å². The summed E-state index contributed by atoms with van der Waals surface area (Å²) in [5.41, 5.74) is 3.79. The van der Waals surface area contributed by atoms with E-state index in [9.17, 15) is 20.0 Å². The van der Waals surface area contributed by atoms with E-state index in [1.165, 1.54) is 12.1 Å². The molecule has 3 heterocycles. The summed E-state index contributed by atoms with van der Waals surface area (Å²) < 4.78 is 0. The van der Waals surface area contributed by atoms with Crippen LogP contribution in [0.5, 0.6) is 0 Å². The first kappa shape index (κ1) is 22.4. The zero-order valence-electron chi connectivity index (χ0n) is 19.2. The average molecular weight is 462 g/mol.